The van der Waals surface area contributed by atoms with E-state index in [2.05, 4.69) is 12.1 Å². The van der Waals surface area contributed by atoms with Gasteiger partial charge in [0, 0.05) is 0 Å². The summed E-state index contributed by atoms with van der Waals surface area (Å²) in [4.78, 5) is -0.0561. The number of rotatable bonds is 10. The van der Waals surface area contributed by atoms with E-state index in [1.807, 2.05) is 32.0 Å². The average molecular weight is 378 g/mol. The van der Waals surface area contributed by atoms with E-state index in [1.165, 1.54) is 11.6 Å². The Bertz CT molecular complexity index is 787. The van der Waals surface area contributed by atoms with Gasteiger partial charge in [0.1, 0.15) is 0 Å². The van der Waals surface area contributed by atoms with Gasteiger partial charge in [0.2, 0.25) is 0 Å². The van der Waals surface area contributed by atoms with Gasteiger partial charge in [0.25, 0.3) is 10.1 Å². The zero-order valence-corrected chi connectivity index (χ0v) is 16.0. The summed E-state index contributed by atoms with van der Waals surface area (Å²) < 4.78 is 43.4. The predicted octanol–water partition coefficient (Wildman–Crippen LogP) is 3.45. The second-order valence-electron chi connectivity index (χ2n) is 6.32. The number of hydrogen-bond donors (Lipinski definition) is 1. The lowest BCUT2D eigenvalue weighted by Gasteiger charge is -2.13. The topological polar surface area (TPSA) is 72.8 Å². The molecule has 142 valence electrons. The molecule has 6 heteroatoms. The lowest BCUT2D eigenvalue weighted by Crippen LogP contribution is -2.16. The number of aryl methyl sites for hydroxylation is 1. The molecule has 0 saturated carbocycles. The van der Waals surface area contributed by atoms with E-state index in [4.69, 9.17) is 9.47 Å². The van der Waals surface area contributed by atoms with Gasteiger partial charge in [-0.05, 0) is 43.9 Å². The smallest absolute Gasteiger partial charge is 0.294 e. The zero-order chi connectivity index (χ0) is 19.0. The van der Waals surface area contributed by atoms with Crippen molar-refractivity contribution in [3.8, 4) is 0 Å². The van der Waals surface area contributed by atoms with Crippen molar-refractivity contribution in [2.24, 2.45) is 0 Å². The Kier molecular flexibility index (Phi) is 7.78. The molecule has 1 unspecified atom stereocenters. The lowest BCUT2D eigenvalue weighted by molar-refractivity contribution is 0.0133. The lowest BCUT2D eigenvalue weighted by atomic mass is 10.1. The summed E-state index contributed by atoms with van der Waals surface area (Å²) >= 11 is 0. The molecule has 0 aromatic heterocycles. The van der Waals surface area contributed by atoms with E-state index >= 15 is 0 Å². The SMILES string of the molecule is Cc1ccc(S(=O)(=O)O)c(CCOCCOC(C)Cc2ccccc2)c1. The monoisotopic (exact) mass is 378 g/mol. The van der Waals surface area contributed by atoms with Crippen LogP contribution in [-0.2, 0) is 32.4 Å². The summed E-state index contributed by atoms with van der Waals surface area (Å²) in [6, 6.07) is 15.0. The average Bonchev–Trinajstić information content (AvgIpc) is 2.58. The van der Waals surface area contributed by atoms with E-state index < -0.39 is 10.1 Å². The summed E-state index contributed by atoms with van der Waals surface area (Å²) in [7, 11) is -4.22. The maximum atomic E-state index is 11.4. The van der Waals surface area contributed by atoms with Crippen molar-refractivity contribution in [3.63, 3.8) is 0 Å². The van der Waals surface area contributed by atoms with Gasteiger partial charge in [-0.15, -0.1) is 0 Å². The Morgan fingerprint density at radius 3 is 2.46 bits per heavy atom. The molecule has 0 aliphatic rings. The molecule has 0 amide bonds. The van der Waals surface area contributed by atoms with E-state index in [-0.39, 0.29) is 11.0 Å². The van der Waals surface area contributed by atoms with Crippen LogP contribution in [0.3, 0.4) is 0 Å². The van der Waals surface area contributed by atoms with E-state index in [9.17, 15) is 13.0 Å². The molecule has 2 aromatic carbocycles. The van der Waals surface area contributed by atoms with E-state index in [0.717, 1.165) is 12.0 Å². The Labute approximate surface area is 155 Å². The van der Waals surface area contributed by atoms with Gasteiger partial charge in [0.15, 0.2) is 0 Å². The molecule has 0 spiro atoms. The van der Waals surface area contributed by atoms with Crippen molar-refractivity contribution < 1.29 is 22.4 Å². The molecule has 0 heterocycles. The van der Waals surface area contributed by atoms with Crippen LogP contribution in [0.2, 0.25) is 0 Å². The third kappa shape index (κ3) is 6.88. The molecule has 0 saturated heterocycles. The van der Waals surface area contributed by atoms with Gasteiger partial charge in [-0.2, -0.15) is 8.42 Å². The number of benzene rings is 2. The maximum absolute atomic E-state index is 11.4. The van der Waals surface area contributed by atoms with E-state index in [0.29, 0.717) is 31.8 Å². The highest BCUT2D eigenvalue weighted by Crippen LogP contribution is 2.18. The van der Waals surface area contributed by atoms with Crippen molar-refractivity contribution >= 4 is 10.1 Å². The fourth-order valence-corrected chi connectivity index (χ4v) is 3.48. The highest BCUT2D eigenvalue weighted by Gasteiger charge is 2.15. The zero-order valence-electron chi connectivity index (χ0n) is 15.2. The van der Waals surface area contributed by atoms with Crippen molar-refractivity contribution in [1.82, 2.24) is 0 Å². The third-order valence-corrected chi connectivity index (χ3v) is 4.96. The van der Waals surface area contributed by atoms with Crippen LogP contribution in [0.1, 0.15) is 23.6 Å². The van der Waals surface area contributed by atoms with Gasteiger partial charge in [0.05, 0.1) is 30.8 Å². The van der Waals surface area contributed by atoms with Crippen LogP contribution in [0, 0.1) is 6.92 Å². The van der Waals surface area contributed by atoms with Crippen molar-refractivity contribution in [1.29, 1.82) is 0 Å². The normalized spacial score (nSPS) is 12.9. The van der Waals surface area contributed by atoms with Crippen LogP contribution in [0.25, 0.3) is 0 Å². The molecular formula is C20H26O5S. The van der Waals surface area contributed by atoms with Crippen molar-refractivity contribution in [2.75, 3.05) is 19.8 Å². The minimum atomic E-state index is -4.22. The molecule has 0 aliphatic heterocycles. The first-order chi connectivity index (χ1) is 12.4. The molecule has 2 rings (SSSR count). The Morgan fingerprint density at radius 1 is 1.04 bits per heavy atom. The van der Waals surface area contributed by atoms with Gasteiger partial charge < -0.3 is 9.47 Å². The van der Waals surface area contributed by atoms with Crippen LogP contribution in [-0.4, -0.2) is 38.9 Å². The van der Waals surface area contributed by atoms with Crippen molar-refractivity contribution in [2.45, 2.75) is 37.7 Å². The summed E-state index contributed by atoms with van der Waals surface area (Å²) in [5.74, 6) is 0. The summed E-state index contributed by atoms with van der Waals surface area (Å²) in [5, 5.41) is 0. The second-order valence-corrected chi connectivity index (χ2v) is 7.71. The molecule has 1 atom stereocenters. The minimum Gasteiger partial charge on any atom is -0.379 e. The first kappa shape index (κ1) is 20.6. The fourth-order valence-electron chi connectivity index (χ4n) is 2.75. The fraction of sp³-hybridized carbons (Fsp3) is 0.400. The van der Waals surface area contributed by atoms with Gasteiger partial charge in [-0.1, -0.05) is 48.0 Å². The molecule has 2 aromatic rings. The summed E-state index contributed by atoms with van der Waals surface area (Å²) in [6.45, 7) is 5.18. The molecule has 0 aliphatic carbocycles. The summed E-state index contributed by atoms with van der Waals surface area (Å²) in [5.41, 5.74) is 2.73. The quantitative estimate of drug-likeness (QED) is 0.506. The minimum absolute atomic E-state index is 0.0561. The first-order valence-electron chi connectivity index (χ1n) is 8.66. The number of ether oxygens (including phenoxy) is 2. The van der Waals surface area contributed by atoms with Crippen LogP contribution < -0.4 is 0 Å². The van der Waals surface area contributed by atoms with E-state index in [1.54, 1.807) is 12.1 Å². The molecule has 0 radical (unpaired) electrons. The standard InChI is InChI=1S/C20H26O5S/c1-16-8-9-20(26(21,22)23)19(14-16)10-11-24-12-13-25-17(2)15-18-6-4-3-5-7-18/h3-9,14,17H,10-13,15H2,1-2H3,(H,21,22,23). The molecular weight excluding hydrogens is 352 g/mol. The Morgan fingerprint density at radius 2 is 1.77 bits per heavy atom. The van der Waals surface area contributed by atoms with Crippen LogP contribution in [0.15, 0.2) is 53.4 Å². The van der Waals surface area contributed by atoms with Crippen molar-refractivity contribution in [3.05, 3.63) is 65.2 Å². The highest BCUT2D eigenvalue weighted by atomic mass is 32.2. The maximum Gasteiger partial charge on any atom is 0.294 e. The molecule has 1 N–H and O–H groups in total. The Balaban J connectivity index is 1.70. The van der Waals surface area contributed by atoms with Gasteiger partial charge in [-0.3, -0.25) is 4.55 Å². The van der Waals surface area contributed by atoms with Crippen LogP contribution >= 0.6 is 0 Å². The molecule has 0 fully saturated rings. The first-order valence-corrected chi connectivity index (χ1v) is 10.1. The Hall–Kier alpha value is -1.73. The second kappa shape index (κ2) is 9.83. The molecule has 26 heavy (non-hydrogen) atoms. The predicted molar refractivity (Wildman–Crippen MR) is 101 cm³/mol. The third-order valence-electron chi connectivity index (χ3n) is 4.01. The number of hydrogen-bond acceptors (Lipinski definition) is 4. The largest absolute Gasteiger partial charge is 0.379 e. The summed E-state index contributed by atoms with van der Waals surface area (Å²) in [6.07, 6.45) is 1.36. The molecule has 0 bridgehead atoms. The van der Waals surface area contributed by atoms with Gasteiger partial charge in [-0.25, -0.2) is 0 Å². The molecule has 5 nitrogen and oxygen atoms in total. The highest BCUT2D eigenvalue weighted by molar-refractivity contribution is 7.85. The van der Waals surface area contributed by atoms with Crippen LogP contribution in [0.5, 0.6) is 0 Å². The van der Waals surface area contributed by atoms with Crippen LogP contribution in [0.4, 0.5) is 0 Å². The van der Waals surface area contributed by atoms with Gasteiger partial charge >= 0.3 is 0 Å².